The predicted octanol–water partition coefficient (Wildman–Crippen LogP) is 4.74. The molecule has 0 amide bonds. The lowest BCUT2D eigenvalue weighted by Gasteiger charge is -2.28. The third-order valence-electron chi connectivity index (χ3n) is 6.23. The molecule has 164 valence electrons. The highest BCUT2D eigenvalue weighted by atomic mass is 16.5. The van der Waals surface area contributed by atoms with Crippen LogP contribution >= 0.6 is 0 Å². The minimum absolute atomic E-state index is 0.110. The SMILES string of the molecule is Cc1nn(-c2ccccc2)c(-n2ccnc2)c1C1C(C#N)=C(N)Oc2ccc3ccccc3c21. The van der Waals surface area contributed by atoms with Crippen LogP contribution in [0.25, 0.3) is 22.3 Å². The second-order valence-corrected chi connectivity index (χ2v) is 8.16. The van der Waals surface area contributed by atoms with Crippen LogP contribution in [-0.2, 0) is 0 Å². The Morgan fingerprint density at radius 3 is 2.56 bits per heavy atom. The summed E-state index contributed by atoms with van der Waals surface area (Å²) in [5.41, 5.74) is 10.1. The zero-order valence-corrected chi connectivity index (χ0v) is 18.4. The Morgan fingerprint density at radius 2 is 1.79 bits per heavy atom. The highest BCUT2D eigenvalue weighted by Crippen LogP contribution is 2.48. The fourth-order valence-corrected chi connectivity index (χ4v) is 4.78. The van der Waals surface area contributed by atoms with Gasteiger partial charge in [-0.2, -0.15) is 10.4 Å². The van der Waals surface area contributed by atoms with E-state index in [1.807, 2.05) is 77.0 Å². The van der Waals surface area contributed by atoms with Crippen molar-refractivity contribution in [2.45, 2.75) is 12.8 Å². The summed E-state index contributed by atoms with van der Waals surface area (Å²) in [5.74, 6) is 1.09. The van der Waals surface area contributed by atoms with Crippen molar-refractivity contribution in [2.75, 3.05) is 0 Å². The molecule has 7 heteroatoms. The molecular weight excluding hydrogens is 424 g/mol. The summed E-state index contributed by atoms with van der Waals surface area (Å²) < 4.78 is 9.76. The van der Waals surface area contributed by atoms with Crippen LogP contribution in [0.3, 0.4) is 0 Å². The molecule has 1 aliphatic rings. The third-order valence-corrected chi connectivity index (χ3v) is 6.23. The molecule has 3 aromatic carbocycles. The number of rotatable bonds is 3. The molecule has 0 bridgehead atoms. The maximum Gasteiger partial charge on any atom is 0.205 e. The summed E-state index contributed by atoms with van der Waals surface area (Å²) in [7, 11) is 0. The Morgan fingerprint density at radius 1 is 1.00 bits per heavy atom. The Bertz CT molecular complexity index is 1610. The average molecular weight is 444 g/mol. The summed E-state index contributed by atoms with van der Waals surface area (Å²) in [5, 5.41) is 17.2. The van der Waals surface area contributed by atoms with E-state index >= 15 is 0 Å². The van der Waals surface area contributed by atoms with Crippen LogP contribution in [0.1, 0.15) is 22.7 Å². The first-order valence-electron chi connectivity index (χ1n) is 10.9. The number of imidazole rings is 1. The summed E-state index contributed by atoms with van der Waals surface area (Å²) in [4.78, 5) is 4.27. The fraction of sp³-hybridized carbons (Fsp3) is 0.0741. The molecule has 5 aromatic rings. The molecule has 1 unspecified atom stereocenters. The number of nitriles is 1. The van der Waals surface area contributed by atoms with Gasteiger partial charge in [-0.1, -0.05) is 48.5 Å². The second-order valence-electron chi connectivity index (χ2n) is 8.16. The number of nitrogens with two attached hydrogens (primary N) is 1. The fourth-order valence-electron chi connectivity index (χ4n) is 4.78. The Balaban J connectivity index is 1.73. The number of fused-ring (bicyclic) bond motifs is 3. The van der Waals surface area contributed by atoms with Crippen molar-refractivity contribution < 1.29 is 4.74 Å². The van der Waals surface area contributed by atoms with Gasteiger partial charge in [0.25, 0.3) is 0 Å². The maximum atomic E-state index is 10.2. The highest BCUT2D eigenvalue weighted by molar-refractivity contribution is 5.90. The molecule has 0 fully saturated rings. The average Bonchev–Trinajstić information content (AvgIpc) is 3.51. The number of aromatic nitrogens is 4. The van der Waals surface area contributed by atoms with Gasteiger partial charge in [-0.15, -0.1) is 0 Å². The summed E-state index contributed by atoms with van der Waals surface area (Å²) in [6.45, 7) is 1.96. The number of para-hydroxylation sites is 1. The number of allylic oxidation sites excluding steroid dienone is 1. The molecule has 0 radical (unpaired) electrons. The molecule has 0 saturated heterocycles. The van der Waals surface area contributed by atoms with E-state index in [0.29, 0.717) is 11.3 Å². The van der Waals surface area contributed by atoms with E-state index in [9.17, 15) is 5.26 Å². The van der Waals surface area contributed by atoms with Crippen molar-refractivity contribution in [3.05, 3.63) is 114 Å². The molecule has 0 spiro atoms. The molecule has 6 rings (SSSR count). The molecule has 7 nitrogen and oxygen atoms in total. The van der Waals surface area contributed by atoms with Crippen LogP contribution in [0.5, 0.6) is 5.75 Å². The van der Waals surface area contributed by atoms with Gasteiger partial charge >= 0.3 is 0 Å². The Kier molecular flexibility index (Phi) is 4.46. The van der Waals surface area contributed by atoms with E-state index < -0.39 is 5.92 Å². The number of hydrogen-bond acceptors (Lipinski definition) is 5. The largest absolute Gasteiger partial charge is 0.440 e. The van der Waals surface area contributed by atoms with Crippen molar-refractivity contribution in [1.82, 2.24) is 19.3 Å². The zero-order chi connectivity index (χ0) is 23.2. The van der Waals surface area contributed by atoms with Gasteiger partial charge < -0.3 is 10.5 Å². The number of benzene rings is 3. The molecule has 1 aliphatic heterocycles. The molecule has 1 atom stereocenters. The molecule has 0 aliphatic carbocycles. The lowest BCUT2D eigenvalue weighted by Crippen LogP contribution is -2.22. The Labute approximate surface area is 196 Å². The minimum atomic E-state index is -0.463. The van der Waals surface area contributed by atoms with Gasteiger partial charge in [-0.3, -0.25) is 4.57 Å². The Hall–Kier alpha value is -4.83. The predicted molar refractivity (Wildman–Crippen MR) is 129 cm³/mol. The number of hydrogen-bond donors (Lipinski definition) is 1. The smallest absolute Gasteiger partial charge is 0.205 e. The van der Waals surface area contributed by atoms with Crippen molar-refractivity contribution in [3.8, 4) is 23.3 Å². The van der Waals surface area contributed by atoms with Crippen LogP contribution in [-0.4, -0.2) is 19.3 Å². The van der Waals surface area contributed by atoms with Crippen molar-refractivity contribution in [1.29, 1.82) is 5.26 Å². The molecular formula is C27H20N6O. The molecule has 0 saturated carbocycles. The first-order chi connectivity index (χ1) is 16.7. The van der Waals surface area contributed by atoms with Gasteiger partial charge in [0.2, 0.25) is 5.88 Å². The molecule has 2 aromatic heterocycles. The van der Waals surface area contributed by atoms with E-state index in [2.05, 4.69) is 23.2 Å². The maximum absolute atomic E-state index is 10.2. The van der Waals surface area contributed by atoms with Crippen molar-refractivity contribution in [2.24, 2.45) is 5.73 Å². The number of ether oxygens (including phenoxy) is 1. The van der Waals surface area contributed by atoms with Gasteiger partial charge in [0.1, 0.15) is 29.5 Å². The van der Waals surface area contributed by atoms with Crippen LogP contribution in [0, 0.1) is 18.3 Å². The monoisotopic (exact) mass is 444 g/mol. The second kappa shape index (κ2) is 7.64. The molecule has 2 N–H and O–H groups in total. The van der Waals surface area contributed by atoms with E-state index in [-0.39, 0.29) is 5.88 Å². The van der Waals surface area contributed by atoms with Crippen molar-refractivity contribution >= 4 is 10.8 Å². The lowest BCUT2D eigenvalue weighted by molar-refractivity contribution is 0.395. The van der Waals surface area contributed by atoms with Crippen molar-refractivity contribution in [3.63, 3.8) is 0 Å². The van der Waals surface area contributed by atoms with Crippen LogP contribution in [0.15, 0.2) is 96.9 Å². The van der Waals surface area contributed by atoms with Gasteiger partial charge in [-0.05, 0) is 35.9 Å². The topological polar surface area (TPSA) is 94.7 Å². The van der Waals surface area contributed by atoms with E-state index in [4.69, 9.17) is 15.6 Å². The quantitative estimate of drug-likeness (QED) is 0.434. The minimum Gasteiger partial charge on any atom is -0.440 e. The summed E-state index contributed by atoms with van der Waals surface area (Å²) in [6.07, 6.45) is 5.34. The van der Waals surface area contributed by atoms with E-state index in [1.165, 1.54) is 0 Å². The number of nitrogens with zero attached hydrogens (tertiary/aromatic N) is 5. The first kappa shape index (κ1) is 19.8. The first-order valence-corrected chi connectivity index (χ1v) is 10.9. The zero-order valence-electron chi connectivity index (χ0n) is 18.4. The van der Waals surface area contributed by atoms with Gasteiger partial charge in [0, 0.05) is 23.5 Å². The lowest BCUT2D eigenvalue weighted by atomic mass is 9.80. The van der Waals surface area contributed by atoms with Gasteiger partial charge in [0.05, 0.1) is 17.3 Å². The van der Waals surface area contributed by atoms with Crippen LogP contribution in [0.2, 0.25) is 0 Å². The summed E-state index contributed by atoms with van der Waals surface area (Å²) in [6, 6.07) is 24.3. The third kappa shape index (κ3) is 2.90. The summed E-state index contributed by atoms with van der Waals surface area (Å²) >= 11 is 0. The highest BCUT2D eigenvalue weighted by Gasteiger charge is 2.37. The molecule has 3 heterocycles. The van der Waals surface area contributed by atoms with Gasteiger partial charge in [0.15, 0.2) is 0 Å². The van der Waals surface area contributed by atoms with Gasteiger partial charge in [-0.25, -0.2) is 9.67 Å². The van der Waals surface area contributed by atoms with Crippen LogP contribution in [0.4, 0.5) is 0 Å². The molecule has 34 heavy (non-hydrogen) atoms. The van der Waals surface area contributed by atoms with Crippen LogP contribution < -0.4 is 10.5 Å². The van der Waals surface area contributed by atoms with E-state index in [1.54, 1.807) is 12.5 Å². The standard InChI is InChI=1S/C27H20N6O/c1-17-23(27(32-14-13-30-16-32)33(31-17)19-8-3-2-4-9-19)25-21(15-28)26(29)34-22-12-11-18-7-5-6-10-20(18)24(22)25/h2-14,16,25H,29H2,1H3. The van der Waals surface area contributed by atoms with E-state index in [0.717, 1.165) is 39.1 Å². The number of aryl methyl sites for hydroxylation is 1. The normalized spacial score (nSPS) is 15.1.